The van der Waals surface area contributed by atoms with Gasteiger partial charge in [0.1, 0.15) is 0 Å². The summed E-state index contributed by atoms with van der Waals surface area (Å²) in [5.74, 6) is 0. The van der Waals surface area contributed by atoms with Crippen LogP contribution in [0.25, 0.3) is 0 Å². The van der Waals surface area contributed by atoms with Crippen LogP contribution in [0.1, 0.15) is 0 Å². The van der Waals surface area contributed by atoms with Crippen molar-refractivity contribution in [2.45, 2.75) is 0 Å². The van der Waals surface area contributed by atoms with Crippen molar-refractivity contribution >= 4 is 23.1 Å². The summed E-state index contributed by atoms with van der Waals surface area (Å²) >= 11 is 0. The third kappa shape index (κ3) is 2.15. The molecule has 0 saturated carbocycles. The van der Waals surface area contributed by atoms with E-state index in [9.17, 15) is 4.57 Å². The second kappa shape index (κ2) is 5.35. The van der Waals surface area contributed by atoms with Gasteiger partial charge in [-0.05, 0) is 36.4 Å². The maximum absolute atomic E-state index is 13.7. The standard InChI is InChI=1S/C15H12N3OP/c19-20(13-1-7-16-8-2-13,14-3-9-17-10-4-14)15-5-11-18-12-6-15/h1-12H. The van der Waals surface area contributed by atoms with Gasteiger partial charge in [-0.1, -0.05) is 0 Å². The van der Waals surface area contributed by atoms with E-state index in [1.54, 1.807) is 73.6 Å². The maximum atomic E-state index is 13.7. The summed E-state index contributed by atoms with van der Waals surface area (Å²) in [5, 5.41) is 2.26. The Hall–Kier alpha value is -2.32. The van der Waals surface area contributed by atoms with Gasteiger partial charge in [0.15, 0.2) is 7.14 Å². The van der Waals surface area contributed by atoms with Gasteiger partial charge in [-0.2, -0.15) is 0 Å². The van der Waals surface area contributed by atoms with E-state index in [0.717, 1.165) is 15.9 Å². The summed E-state index contributed by atoms with van der Waals surface area (Å²) < 4.78 is 13.7. The fourth-order valence-corrected chi connectivity index (χ4v) is 4.66. The minimum atomic E-state index is -2.90. The van der Waals surface area contributed by atoms with Crippen LogP contribution in [0.4, 0.5) is 0 Å². The molecule has 0 radical (unpaired) electrons. The average Bonchev–Trinajstić information content (AvgIpc) is 2.56. The highest BCUT2D eigenvalue weighted by Crippen LogP contribution is 2.41. The Balaban J connectivity index is 2.27. The number of pyridine rings is 3. The molecule has 3 rings (SSSR count). The van der Waals surface area contributed by atoms with E-state index < -0.39 is 7.14 Å². The Morgan fingerprint density at radius 3 is 1.05 bits per heavy atom. The summed E-state index contributed by atoms with van der Waals surface area (Å²) in [5.41, 5.74) is 0. The summed E-state index contributed by atoms with van der Waals surface area (Å²) in [6.45, 7) is 0. The van der Waals surface area contributed by atoms with Gasteiger partial charge in [0.25, 0.3) is 0 Å². The largest absolute Gasteiger partial charge is 0.309 e. The first-order valence-electron chi connectivity index (χ1n) is 6.13. The first kappa shape index (κ1) is 12.7. The molecule has 0 aromatic carbocycles. The molecule has 3 aromatic heterocycles. The molecule has 0 aliphatic rings. The molecule has 0 fully saturated rings. The molecule has 3 aromatic rings. The maximum Gasteiger partial charge on any atom is 0.171 e. The summed E-state index contributed by atoms with van der Waals surface area (Å²) in [7, 11) is -2.90. The lowest BCUT2D eigenvalue weighted by Crippen LogP contribution is -2.25. The van der Waals surface area contributed by atoms with Gasteiger partial charge in [-0.15, -0.1) is 0 Å². The molecule has 98 valence electrons. The fourth-order valence-electron chi connectivity index (χ4n) is 2.11. The van der Waals surface area contributed by atoms with Crippen LogP contribution in [0, 0.1) is 0 Å². The molecule has 0 atom stereocenters. The zero-order chi connectivity index (χ0) is 13.8. The molecule has 4 nitrogen and oxygen atoms in total. The zero-order valence-corrected chi connectivity index (χ0v) is 11.5. The molecular weight excluding hydrogens is 269 g/mol. The molecule has 0 saturated heterocycles. The molecular formula is C15H12N3OP. The quantitative estimate of drug-likeness (QED) is 0.683. The van der Waals surface area contributed by atoms with Gasteiger partial charge in [0.2, 0.25) is 0 Å². The van der Waals surface area contributed by atoms with Crippen molar-refractivity contribution in [1.29, 1.82) is 0 Å². The Kier molecular flexibility index (Phi) is 3.40. The smallest absolute Gasteiger partial charge is 0.171 e. The van der Waals surface area contributed by atoms with Gasteiger partial charge in [0.05, 0.1) is 0 Å². The van der Waals surface area contributed by atoms with E-state index in [1.165, 1.54) is 0 Å². The van der Waals surface area contributed by atoms with Crippen molar-refractivity contribution in [3.05, 3.63) is 73.6 Å². The normalized spacial score (nSPS) is 11.2. The average molecular weight is 281 g/mol. The van der Waals surface area contributed by atoms with Crippen LogP contribution in [-0.4, -0.2) is 15.0 Å². The third-order valence-electron chi connectivity index (χ3n) is 3.08. The first-order valence-corrected chi connectivity index (χ1v) is 7.84. The van der Waals surface area contributed by atoms with Crippen molar-refractivity contribution in [3.63, 3.8) is 0 Å². The highest BCUT2D eigenvalue weighted by atomic mass is 31.2. The monoisotopic (exact) mass is 281 g/mol. The van der Waals surface area contributed by atoms with E-state index >= 15 is 0 Å². The summed E-state index contributed by atoms with van der Waals surface area (Å²) in [4.78, 5) is 12.0. The van der Waals surface area contributed by atoms with Crippen LogP contribution in [0.3, 0.4) is 0 Å². The molecule has 0 N–H and O–H groups in total. The van der Waals surface area contributed by atoms with E-state index in [2.05, 4.69) is 15.0 Å². The Labute approximate surface area is 116 Å². The van der Waals surface area contributed by atoms with Crippen LogP contribution >= 0.6 is 7.14 Å². The van der Waals surface area contributed by atoms with Crippen LogP contribution < -0.4 is 15.9 Å². The van der Waals surface area contributed by atoms with E-state index in [0.29, 0.717) is 0 Å². The van der Waals surface area contributed by atoms with Gasteiger partial charge < -0.3 is 4.57 Å². The van der Waals surface area contributed by atoms with E-state index in [-0.39, 0.29) is 0 Å². The minimum absolute atomic E-state index is 0.755. The third-order valence-corrected chi connectivity index (χ3v) is 6.16. The summed E-state index contributed by atoms with van der Waals surface area (Å²) in [6, 6.07) is 10.8. The fraction of sp³-hybridized carbons (Fsp3) is 0. The molecule has 0 amide bonds. The molecule has 0 aliphatic carbocycles. The number of hydrogen-bond donors (Lipinski definition) is 0. The van der Waals surface area contributed by atoms with Gasteiger partial charge >= 0.3 is 0 Å². The van der Waals surface area contributed by atoms with Gasteiger partial charge in [-0.25, -0.2) is 0 Å². The SMILES string of the molecule is O=P(c1ccncc1)(c1ccncc1)c1ccncc1. The highest BCUT2D eigenvalue weighted by Gasteiger charge is 2.29. The second-order valence-electron chi connectivity index (χ2n) is 4.23. The lowest BCUT2D eigenvalue weighted by molar-refractivity contribution is 0.592. The predicted octanol–water partition coefficient (Wildman–Crippen LogP) is 1.51. The number of hydrogen-bond acceptors (Lipinski definition) is 4. The van der Waals surface area contributed by atoms with Crippen LogP contribution in [0.15, 0.2) is 73.6 Å². The number of aromatic nitrogens is 3. The van der Waals surface area contributed by atoms with Crippen LogP contribution in [0.5, 0.6) is 0 Å². The zero-order valence-electron chi connectivity index (χ0n) is 10.6. The molecule has 0 spiro atoms. The second-order valence-corrected chi connectivity index (χ2v) is 6.99. The predicted molar refractivity (Wildman–Crippen MR) is 79.2 cm³/mol. The molecule has 0 unspecified atom stereocenters. The molecule has 3 heterocycles. The van der Waals surface area contributed by atoms with Crippen LogP contribution in [0.2, 0.25) is 0 Å². The van der Waals surface area contributed by atoms with Crippen molar-refractivity contribution in [2.75, 3.05) is 0 Å². The van der Waals surface area contributed by atoms with Gasteiger partial charge in [-0.3, -0.25) is 15.0 Å². The number of rotatable bonds is 3. The van der Waals surface area contributed by atoms with Crippen molar-refractivity contribution in [3.8, 4) is 0 Å². The Morgan fingerprint density at radius 2 is 0.800 bits per heavy atom. The van der Waals surface area contributed by atoms with Gasteiger partial charge in [0, 0.05) is 53.1 Å². The lowest BCUT2D eigenvalue weighted by Gasteiger charge is -2.19. The lowest BCUT2D eigenvalue weighted by atomic mass is 10.5. The molecule has 0 bridgehead atoms. The van der Waals surface area contributed by atoms with E-state index in [1.807, 2.05) is 0 Å². The summed E-state index contributed by atoms with van der Waals surface area (Å²) in [6.07, 6.45) is 9.94. The minimum Gasteiger partial charge on any atom is -0.309 e. The number of nitrogens with zero attached hydrogens (tertiary/aromatic N) is 3. The highest BCUT2D eigenvalue weighted by molar-refractivity contribution is 7.85. The van der Waals surface area contributed by atoms with Crippen LogP contribution in [-0.2, 0) is 4.57 Å². The Bertz CT molecular complexity index is 629. The molecule has 0 aliphatic heterocycles. The van der Waals surface area contributed by atoms with Crippen molar-refractivity contribution < 1.29 is 4.57 Å². The van der Waals surface area contributed by atoms with Crippen molar-refractivity contribution in [2.24, 2.45) is 0 Å². The molecule has 20 heavy (non-hydrogen) atoms. The Morgan fingerprint density at radius 1 is 0.550 bits per heavy atom. The van der Waals surface area contributed by atoms with Crippen molar-refractivity contribution in [1.82, 2.24) is 15.0 Å². The molecule has 5 heteroatoms. The topological polar surface area (TPSA) is 55.7 Å². The first-order chi connectivity index (χ1) is 9.82. The van der Waals surface area contributed by atoms with E-state index in [4.69, 9.17) is 0 Å².